The van der Waals surface area contributed by atoms with Crippen LogP contribution in [0.25, 0.3) is 0 Å². The molecule has 1 unspecified atom stereocenters. The first-order valence-corrected chi connectivity index (χ1v) is 16.1. The molecule has 0 aliphatic rings. The normalized spacial score (nSPS) is 11.7. The zero-order chi connectivity index (χ0) is 33.1. The van der Waals surface area contributed by atoms with Gasteiger partial charge in [-0.3, -0.25) is 13.9 Å². The Morgan fingerprint density at radius 3 is 2.22 bits per heavy atom. The van der Waals surface area contributed by atoms with E-state index in [0.717, 1.165) is 17.1 Å². The van der Waals surface area contributed by atoms with E-state index in [9.17, 15) is 18.0 Å². The van der Waals surface area contributed by atoms with Gasteiger partial charge in [-0.05, 0) is 61.4 Å². The first kappa shape index (κ1) is 35.3. The molecule has 13 heteroatoms. The van der Waals surface area contributed by atoms with Crippen LogP contribution in [0.4, 0.5) is 5.69 Å². The second kappa shape index (κ2) is 16.2. The van der Waals surface area contributed by atoms with Gasteiger partial charge in [0.2, 0.25) is 11.8 Å². The number of amides is 2. The van der Waals surface area contributed by atoms with Gasteiger partial charge in [-0.15, -0.1) is 0 Å². The summed E-state index contributed by atoms with van der Waals surface area (Å²) in [6, 6.07) is 14.7. The van der Waals surface area contributed by atoms with Crippen LogP contribution in [-0.4, -0.2) is 72.7 Å². The molecule has 0 spiro atoms. The Kier molecular flexibility index (Phi) is 12.7. The number of carbonyl (C=O) groups is 2. The highest BCUT2D eigenvalue weighted by atomic mass is 35.5. The number of nitrogens with zero attached hydrogens (tertiary/aromatic N) is 2. The molecule has 3 aromatic rings. The van der Waals surface area contributed by atoms with Crippen LogP contribution in [0.1, 0.15) is 32.3 Å². The van der Waals surface area contributed by atoms with Crippen LogP contribution in [0.3, 0.4) is 0 Å². The van der Waals surface area contributed by atoms with Crippen molar-refractivity contribution < 1.29 is 37.0 Å². The Labute approximate surface area is 270 Å². The molecule has 0 saturated heterocycles. The summed E-state index contributed by atoms with van der Waals surface area (Å²) in [5.74, 6) is 0.241. The van der Waals surface area contributed by atoms with Crippen molar-refractivity contribution in [2.75, 3.05) is 45.8 Å². The summed E-state index contributed by atoms with van der Waals surface area (Å²) >= 11 is 6.31. The predicted molar refractivity (Wildman–Crippen MR) is 173 cm³/mol. The number of methoxy groups -OCH3 is 4. The van der Waals surface area contributed by atoms with E-state index in [1.807, 2.05) is 6.92 Å². The fourth-order valence-electron chi connectivity index (χ4n) is 4.56. The lowest BCUT2D eigenvalue weighted by molar-refractivity contribution is -0.139. The molecule has 0 heterocycles. The van der Waals surface area contributed by atoms with E-state index in [2.05, 4.69) is 5.32 Å². The lowest BCUT2D eigenvalue weighted by Crippen LogP contribution is -2.51. The van der Waals surface area contributed by atoms with Crippen molar-refractivity contribution in [2.45, 2.75) is 44.2 Å². The second-order valence-corrected chi connectivity index (χ2v) is 12.3. The molecule has 0 aromatic heterocycles. The van der Waals surface area contributed by atoms with Crippen LogP contribution in [0.2, 0.25) is 5.02 Å². The monoisotopic (exact) mass is 661 g/mol. The highest BCUT2D eigenvalue weighted by Crippen LogP contribution is 2.37. The Morgan fingerprint density at radius 1 is 0.889 bits per heavy atom. The molecular formula is C32H40ClN3O8S. The van der Waals surface area contributed by atoms with E-state index in [1.165, 1.54) is 63.7 Å². The summed E-state index contributed by atoms with van der Waals surface area (Å²) in [6.07, 6.45) is 1.65. The van der Waals surface area contributed by atoms with Gasteiger partial charge < -0.3 is 29.2 Å². The smallest absolute Gasteiger partial charge is 0.265 e. The van der Waals surface area contributed by atoms with Crippen molar-refractivity contribution in [3.63, 3.8) is 0 Å². The third-order valence-electron chi connectivity index (χ3n) is 7.12. The fraction of sp³-hybridized carbons (Fsp3) is 0.375. The zero-order valence-corrected chi connectivity index (χ0v) is 27.9. The molecule has 0 saturated carbocycles. The number of hydrogen-bond donors (Lipinski definition) is 1. The summed E-state index contributed by atoms with van der Waals surface area (Å²) in [5, 5.41) is 3.09. The number of sulfonamides is 1. The number of hydrogen-bond acceptors (Lipinski definition) is 8. The third kappa shape index (κ3) is 8.73. The van der Waals surface area contributed by atoms with Crippen LogP contribution in [0.15, 0.2) is 65.6 Å². The van der Waals surface area contributed by atoms with Crippen molar-refractivity contribution in [3.05, 3.63) is 71.2 Å². The molecule has 0 radical (unpaired) electrons. The first-order chi connectivity index (χ1) is 21.5. The largest absolute Gasteiger partial charge is 0.497 e. The highest BCUT2D eigenvalue weighted by molar-refractivity contribution is 7.92. The maximum Gasteiger partial charge on any atom is 0.265 e. The fourth-order valence-corrected chi connectivity index (χ4v) is 6.16. The molecular weight excluding hydrogens is 622 g/mol. The van der Waals surface area contributed by atoms with E-state index >= 15 is 0 Å². The van der Waals surface area contributed by atoms with Gasteiger partial charge in [0.1, 0.15) is 24.1 Å². The molecule has 1 N–H and O–H groups in total. The van der Waals surface area contributed by atoms with Gasteiger partial charge >= 0.3 is 0 Å². The van der Waals surface area contributed by atoms with Crippen LogP contribution in [0, 0.1) is 0 Å². The van der Waals surface area contributed by atoms with Gasteiger partial charge in [0.25, 0.3) is 10.0 Å². The molecule has 3 aromatic carbocycles. The first-order valence-electron chi connectivity index (χ1n) is 14.3. The third-order valence-corrected chi connectivity index (χ3v) is 9.11. The number of rotatable bonds is 16. The van der Waals surface area contributed by atoms with E-state index in [0.29, 0.717) is 23.6 Å². The van der Waals surface area contributed by atoms with E-state index in [1.54, 1.807) is 37.3 Å². The van der Waals surface area contributed by atoms with Crippen molar-refractivity contribution in [1.82, 2.24) is 10.2 Å². The summed E-state index contributed by atoms with van der Waals surface area (Å²) in [5.41, 5.74) is 0.722. The number of nitrogens with one attached hydrogen (secondary N) is 1. The standard InChI is InChI=1S/C32H40ClN3O8S/c1-7-8-16-34-32(38)22(2)35(20-23-10-9-11-25(17-23)41-3)31(37)21-36(27-18-24(33)12-14-28(27)42-4)45(39,40)26-13-15-29(43-5)30(19-26)44-6/h9-15,17-19,22H,7-8,16,20-21H2,1-6H3,(H,34,38). The van der Waals surface area contributed by atoms with E-state index < -0.39 is 28.5 Å². The SMILES string of the molecule is CCCCNC(=O)C(C)N(Cc1cccc(OC)c1)C(=O)CN(c1cc(Cl)ccc1OC)S(=O)(=O)c1ccc(OC)c(OC)c1. The highest BCUT2D eigenvalue weighted by Gasteiger charge is 2.34. The minimum atomic E-state index is -4.45. The van der Waals surface area contributed by atoms with Crippen molar-refractivity contribution in [1.29, 1.82) is 0 Å². The number of benzene rings is 3. The van der Waals surface area contributed by atoms with Crippen LogP contribution >= 0.6 is 11.6 Å². The molecule has 0 fully saturated rings. The van der Waals surface area contributed by atoms with Gasteiger partial charge in [0, 0.05) is 24.2 Å². The Balaban J connectivity index is 2.13. The lowest BCUT2D eigenvalue weighted by atomic mass is 10.1. The van der Waals surface area contributed by atoms with Crippen LogP contribution in [-0.2, 0) is 26.2 Å². The van der Waals surface area contributed by atoms with Crippen molar-refractivity contribution >= 4 is 39.1 Å². The molecule has 0 aliphatic heterocycles. The lowest BCUT2D eigenvalue weighted by Gasteiger charge is -2.32. The maximum absolute atomic E-state index is 14.3. The maximum atomic E-state index is 14.3. The molecule has 11 nitrogen and oxygen atoms in total. The molecule has 0 aliphatic carbocycles. The summed E-state index contributed by atoms with van der Waals surface area (Å²) in [6.45, 7) is 3.39. The van der Waals surface area contributed by atoms with Gasteiger partial charge in [-0.1, -0.05) is 37.1 Å². The number of anilines is 1. The Bertz CT molecular complexity index is 1580. The average molecular weight is 662 g/mol. The minimum absolute atomic E-state index is 0.00925. The predicted octanol–water partition coefficient (Wildman–Crippen LogP) is 4.90. The molecule has 244 valence electrons. The summed E-state index contributed by atoms with van der Waals surface area (Å²) in [4.78, 5) is 28.6. The molecule has 45 heavy (non-hydrogen) atoms. The molecule has 2 amide bonds. The minimum Gasteiger partial charge on any atom is -0.497 e. The number of unbranched alkanes of at least 4 members (excludes halogenated alkanes) is 1. The number of ether oxygens (including phenoxy) is 4. The van der Waals surface area contributed by atoms with Crippen LogP contribution in [0.5, 0.6) is 23.0 Å². The second-order valence-electron chi connectivity index (χ2n) is 10.0. The molecule has 0 bridgehead atoms. The Morgan fingerprint density at radius 2 is 1.58 bits per heavy atom. The number of carbonyl (C=O) groups excluding carboxylic acids is 2. The zero-order valence-electron chi connectivity index (χ0n) is 26.3. The number of halogens is 1. The molecule has 3 rings (SSSR count). The summed E-state index contributed by atoms with van der Waals surface area (Å²) in [7, 11) is 1.29. The average Bonchev–Trinajstić information content (AvgIpc) is 3.05. The topological polar surface area (TPSA) is 124 Å². The quantitative estimate of drug-likeness (QED) is 0.215. The van der Waals surface area contributed by atoms with Gasteiger partial charge in [-0.2, -0.15) is 0 Å². The van der Waals surface area contributed by atoms with E-state index in [4.69, 9.17) is 30.5 Å². The van der Waals surface area contributed by atoms with Gasteiger partial charge in [0.05, 0.1) is 39.0 Å². The molecule has 1 atom stereocenters. The van der Waals surface area contributed by atoms with Gasteiger partial charge in [0.15, 0.2) is 11.5 Å². The van der Waals surface area contributed by atoms with Gasteiger partial charge in [-0.25, -0.2) is 8.42 Å². The van der Waals surface area contributed by atoms with Crippen molar-refractivity contribution in [3.8, 4) is 23.0 Å². The van der Waals surface area contributed by atoms with Crippen LogP contribution < -0.4 is 28.6 Å². The summed E-state index contributed by atoms with van der Waals surface area (Å²) < 4.78 is 51.0. The van der Waals surface area contributed by atoms with Crippen molar-refractivity contribution in [2.24, 2.45) is 0 Å². The van der Waals surface area contributed by atoms with E-state index in [-0.39, 0.29) is 39.6 Å². The Hall–Kier alpha value is -4.16.